The number of nitrogens with zero attached hydrogens (tertiary/aromatic N) is 2. The standard InChI is InChI=1S/C20H21ClN4S/c1-13-4-9-17-18(11-13)24-19(23-17)14-3-2-10-25(12-14)20(26)22-16-7-5-15(21)6-8-16/h4-9,11,14H,2-3,10,12H2,1H3,(H,22,26)(H,23,24). The van der Waals surface area contributed by atoms with Crippen LogP contribution in [-0.2, 0) is 0 Å². The molecule has 1 unspecified atom stereocenters. The number of H-pyrrole nitrogens is 1. The van der Waals surface area contributed by atoms with Gasteiger partial charge in [0.15, 0.2) is 5.11 Å². The molecule has 6 heteroatoms. The topological polar surface area (TPSA) is 44.0 Å². The van der Waals surface area contributed by atoms with E-state index in [1.165, 1.54) is 5.56 Å². The normalized spacial score (nSPS) is 17.5. The van der Waals surface area contributed by atoms with Gasteiger partial charge in [0, 0.05) is 29.7 Å². The number of nitrogens with one attached hydrogen (secondary N) is 2. The van der Waals surface area contributed by atoms with Crippen LogP contribution in [0.25, 0.3) is 11.0 Å². The van der Waals surface area contributed by atoms with Gasteiger partial charge in [-0.3, -0.25) is 0 Å². The Labute approximate surface area is 163 Å². The van der Waals surface area contributed by atoms with E-state index in [0.29, 0.717) is 5.92 Å². The SMILES string of the molecule is Cc1ccc2nc(C3CCCN(C(=S)Nc4ccc(Cl)cc4)C3)[nH]c2c1. The van der Waals surface area contributed by atoms with E-state index < -0.39 is 0 Å². The van der Waals surface area contributed by atoms with Crippen molar-refractivity contribution in [3.8, 4) is 0 Å². The van der Waals surface area contributed by atoms with Gasteiger partial charge in [0.25, 0.3) is 0 Å². The third kappa shape index (κ3) is 3.69. The number of hydrogen-bond donors (Lipinski definition) is 2. The van der Waals surface area contributed by atoms with Gasteiger partial charge >= 0.3 is 0 Å². The van der Waals surface area contributed by atoms with E-state index in [0.717, 1.165) is 58.6 Å². The molecule has 26 heavy (non-hydrogen) atoms. The number of anilines is 1. The van der Waals surface area contributed by atoms with Gasteiger partial charge in [-0.25, -0.2) is 4.98 Å². The van der Waals surface area contributed by atoms with Crippen LogP contribution in [-0.4, -0.2) is 33.1 Å². The van der Waals surface area contributed by atoms with Crippen molar-refractivity contribution in [2.24, 2.45) is 0 Å². The summed E-state index contributed by atoms with van der Waals surface area (Å²) < 4.78 is 0. The van der Waals surface area contributed by atoms with Crippen LogP contribution >= 0.6 is 23.8 Å². The molecule has 0 amide bonds. The fourth-order valence-electron chi connectivity index (χ4n) is 3.46. The molecule has 134 valence electrons. The van der Waals surface area contributed by atoms with E-state index in [4.69, 9.17) is 28.8 Å². The van der Waals surface area contributed by atoms with Gasteiger partial charge in [-0.05, 0) is 73.9 Å². The Hall–Kier alpha value is -2.11. The molecule has 2 N–H and O–H groups in total. The highest BCUT2D eigenvalue weighted by Crippen LogP contribution is 2.27. The molecule has 4 rings (SSSR count). The predicted molar refractivity (Wildman–Crippen MR) is 112 cm³/mol. The zero-order valence-electron chi connectivity index (χ0n) is 14.6. The monoisotopic (exact) mass is 384 g/mol. The fraction of sp³-hybridized carbons (Fsp3) is 0.300. The van der Waals surface area contributed by atoms with Crippen LogP contribution in [0.1, 0.15) is 30.1 Å². The van der Waals surface area contributed by atoms with E-state index in [1.807, 2.05) is 24.3 Å². The molecule has 0 aliphatic carbocycles. The quantitative estimate of drug-likeness (QED) is 0.603. The van der Waals surface area contributed by atoms with Crippen LogP contribution in [0, 0.1) is 6.92 Å². The molecule has 1 fully saturated rings. The first-order chi connectivity index (χ1) is 12.6. The highest BCUT2D eigenvalue weighted by atomic mass is 35.5. The van der Waals surface area contributed by atoms with Gasteiger partial charge in [-0.15, -0.1) is 0 Å². The minimum Gasteiger partial charge on any atom is -0.348 e. The second kappa shape index (κ2) is 7.25. The third-order valence-corrected chi connectivity index (χ3v) is 5.46. The maximum atomic E-state index is 5.95. The third-order valence-electron chi connectivity index (χ3n) is 4.85. The van der Waals surface area contributed by atoms with Crippen molar-refractivity contribution in [3.63, 3.8) is 0 Å². The molecule has 4 nitrogen and oxygen atoms in total. The lowest BCUT2D eigenvalue weighted by Gasteiger charge is -2.33. The Morgan fingerprint density at radius 1 is 1.27 bits per heavy atom. The van der Waals surface area contributed by atoms with Crippen molar-refractivity contribution in [2.45, 2.75) is 25.7 Å². The zero-order valence-corrected chi connectivity index (χ0v) is 16.2. The number of fused-ring (bicyclic) bond motifs is 1. The van der Waals surface area contributed by atoms with Gasteiger partial charge in [0.2, 0.25) is 0 Å². The van der Waals surface area contributed by atoms with Crippen molar-refractivity contribution < 1.29 is 0 Å². The van der Waals surface area contributed by atoms with Gasteiger partial charge in [-0.1, -0.05) is 17.7 Å². The summed E-state index contributed by atoms with van der Waals surface area (Å²) in [4.78, 5) is 10.5. The Kier molecular flexibility index (Phi) is 4.83. The first-order valence-corrected chi connectivity index (χ1v) is 9.65. The molecule has 1 aliphatic heterocycles. The Morgan fingerprint density at radius 3 is 2.88 bits per heavy atom. The lowest BCUT2D eigenvalue weighted by atomic mass is 9.98. The number of likely N-dealkylation sites (tertiary alicyclic amines) is 1. The van der Waals surface area contributed by atoms with E-state index in [2.05, 4.69) is 40.3 Å². The number of aromatic amines is 1. The van der Waals surface area contributed by atoms with E-state index in [1.54, 1.807) is 0 Å². The molecular weight excluding hydrogens is 364 g/mol. The van der Waals surface area contributed by atoms with E-state index in [-0.39, 0.29) is 0 Å². The molecule has 0 bridgehead atoms. The Morgan fingerprint density at radius 2 is 2.08 bits per heavy atom. The molecule has 2 aromatic carbocycles. The highest BCUT2D eigenvalue weighted by molar-refractivity contribution is 7.80. The Balaban J connectivity index is 1.47. The maximum Gasteiger partial charge on any atom is 0.173 e. The smallest absolute Gasteiger partial charge is 0.173 e. The summed E-state index contributed by atoms with van der Waals surface area (Å²) in [5.41, 5.74) is 4.34. The van der Waals surface area contributed by atoms with Gasteiger partial charge in [-0.2, -0.15) is 0 Å². The number of benzene rings is 2. The summed E-state index contributed by atoms with van der Waals surface area (Å²) in [6.07, 6.45) is 2.22. The average Bonchev–Trinajstić information content (AvgIpc) is 3.07. The maximum absolute atomic E-state index is 5.95. The zero-order chi connectivity index (χ0) is 18.1. The number of aromatic nitrogens is 2. The van der Waals surface area contributed by atoms with Crippen molar-refractivity contribution >= 4 is 45.7 Å². The van der Waals surface area contributed by atoms with Gasteiger partial charge in [0.1, 0.15) is 5.82 Å². The molecule has 1 saturated heterocycles. The lowest BCUT2D eigenvalue weighted by molar-refractivity contribution is 0.307. The second-order valence-electron chi connectivity index (χ2n) is 6.86. The molecule has 0 radical (unpaired) electrons. The summed E-state index contributed by atoms with van der Waals surface area (Å²) >= 11 is 11.6. The summed E-state index contributed by atoms with van der Waals surface area (Å²) in [6, 6.07) is 13.9. The molecule has 2 heterocycles. The van der Waals surface area contributed by atoms with Crippen LogP contribution < -0.4 is 5.32 Å². The minimum atomic E-state index is 0.362. The second-order valence-corrected chi connectivity index (χ2v) is 7.69. The molecule has 3 aromatic rings. The van der Waals surface area contributed by atoms with Crippen LogP contribution in [0.15, 0.2) is 42.5 Å². The molecule has 0 spiro atoms. The molecule has 1 aliphatic rings. The number of aryl methyl sites for hydroxylation is 1. The lowest BCUT2D eigenvalue weighted by Crippen LogP contribution is -2.41. The van der Waals surface area contributed by atoms with E-state index >= 15 is 0 Å². The van der Waals surface area contributed by atoms with E-state index in [9.17, 15) is 0 Å². The van der Waals surface area contributed by atoms with Crippen LogP contribution in [0.3, 0.4) is 0 Å². The average molecular weight is 385 g/mol. The van der Waals surface area contributed by atoms with Crippen molar-refractivity contribution in [2.75, 3.05) is 18.4 Å². The largest absolute Gasteiger partial charge is 0.348 e. The summed E-state index contributed by atoms with van der Waals surface area (Å²) in [6.45, 7) is 3.94. The first kappa shape index (κ1) is 17.3. The number of imidazole rings is 1. The van der Waals surface area contributed by atoms with Crippen molar-refractivity contribution in [1.82, 2.24) is 14.9 Å². The van der Waals surface area contributed by atoms with Gasteiger partial charge in [0.05, 0.1) is 11.0 Å². The predicted octanol–water partition coefficient (Wildman–Crippen LogP) is 5.10. The summed E-state index contributed by atoms with van der Waals surface area (Å²) in [5, 5.41) is 4.79. The van der Waals surface area contributed by atoms with Crippen LogP contribution in [0.2, 0.25) is 5.02 Å². The van der Waals surface area contributed by atoms with Gasteiger partial charge < -0.3 is 15.2 Å². The fourth-order valence-corrected chi connectivity index (χ4v) is 3.87. The van der Waals surface area contributed by atoms with Crippen LogP contribution in [0.4, 0.5) is 5.69 Å². The Bertz CT molecular complexity index is 935. The number of thiocarbonyl (C=S) groups is 1. The van der Waals surface area contributed by atoms with Crippen molar-refractivity contribution in [1.29, 1.82) is 0 Å². The number of piperidine rings is 1. The first-order valence-electron chi connectivity index (χ1n) is 8.86. The summed E-state index contributed by atoms with van der Waals surface area (Å²) in [7, 11) is 0. The minimum absolute atomic E-state index is 0.362. The number of rotatable bonds is 2. The van der Waals surface area contributed by atoms with Crippen molar-refractivity contribution in [3.05, 3.63) is 58.9 Å². The molecular formula is C20H21ClN4S. The van der Waals surface area contributed by atoms with Crippen LogP contribution in [0.5, 0.6) is 0 Å². The molecule has 1 atom stereocenters. The molecule has 1 aromatic heterocycles. The number of halogens is 1. The molecule has 0 saturated carbocycles. The number of hydrogen-bond acceptors (Lipinski definition) is 2. The highest BCUT2D eigenvalue weighted by Gasteiger charge is 2.25. The summed E-state index contributed by atoms with van der Waals surface area (Å²) in [5.74, 6) is 1.42.